The standard InChI is InChI=1S/C22H28FN5O3/c1-22(2,3)31-21(29)28-12-10-27(11-13-28)20(24)26-15-16-4-9-19(25-14-16)30-18-7-5-17(23)6-8-18/h4-9,14H,10-13,15H2,1-3H3,(H2,24,26). The monoisotopic (exact) mass is 429 g/mol. The maximum atomic E-state index is 13.0. The van der Waals surface area contributed by atoms with Gasteiger partial charge in [-0.15, -0.1) is 0 Å². The van der Waals surface area contributed by atoms with E-state index in [-0.39, 0.29) is 11.9 Å². The third-order valence-electron chi connectivity index (χ3n) is 4.51. The van der Waals surface area contributed by atoms with Gasteiger partial charge in [-0.3, -0.25) is 0 Å². The zero-order valence-corrected chi connectivity index (χ0v) is 18.0. The largest absolute Gasteiger partial charge is 0.444 e. The van der Waals surface area contributed by atoms with Crippen molar-refractivity contribution < 1.29 is 18.7 Å². The Morgan fingerprint density at radius 3 is 2.32 bits per heavy atom. The molecule has 1 amide bonds. The molecular weight excluding hydrogens is 401 g/mol. The van der Waals surface area contributed by atoms with Gasteiger partial charge in [0.15, 0.2) is 5.96 Å². The SMILES string of the molecule is CC(C)(C)OC(=O)N1CCN(C(N)=NCc2ccc(Oc3ccc(F)cc3)nc2)CC1. The van der Waals surface area contributed by atoms with Crippen LogP contribution in [0.15, 0.2) is 47.6 Å². The summed E-state index contributed by atoms with van der Waals surface area (Å²) in [6.45, 7) is 8.17. The number of carbonyl (C=O) groups is 1. The number of nitrogens with zero attached hydrogens (tertiary/aromatic N) is 4. The molecule has 9 heteroatoms. The molecule has 0 spiro atoms. The molecule has 2 heterocycles. The number of pyridine rings is 1. The molecule has 0 bridgehead atoms. The molecule has 1 fully saturated rings. The second-order valence-corrected chi connectivity index (χ2v) is 8.19. The van der Waals surface area contributed by atoms with Crippen LogP contribution in [0.3, 0.4) is 0 Å². The molecule has 0 atom stereocenters. The van der Waals surface area contributed by atoms with Gasteiger partial charge in [-0.2, -0.15) is 0 Å². The molecule has 1 aliphatic heterocycles. The fraction of sp³-hybridized carbons (Fsp3) is 0.409. The van der Waals surface area contributed by atoms with Crippen LogP contribution in [0.1, 0.15) is 26.3 Å². The topological polar surface area (TPSA) is 93.3 Å². The highest BCUT2D eigenvalue weighted by atomic mass is 19.1. The second-order valence-electron chi connectivity index (χ2n) is 8.19. The van der Waals surface area contributed by atoms with Gasteiger partial charge in [-0.25, -0.2) is 19.2 Å². The minimum Gasteiger partial charge on any atom is -0.444 e. The van der Waals surface area contributed by atoms with Gasteiger partial charge < -0.3 is 25.0 Å². The summed E-state index contributed by atoms with van der Waals surface area (Å²) in [4.78, 5) is 24.5. The number of hydrogen-bond donors (Lipinski definition) is 1. The fourth-order valence-electron chi connectivity index (χ4n) is 2.91. The normalized spacial score (nSPS) is 15.0. The lowest BCUT2D eigenvalue weighted by molar-refractivity contribution is 0.0186. The molecule has 1 aromatic heterocycles. The highest BCUT2D eigenvalue weighted by molar-refractivity contribution is 5.78. The number of benzene rings is 1. The van der Waals surface area contributed by atoms with Crippen molar-refractivity contribution in [3.8, 4) is 11.6 Å². The van der Waals surface area contributed by atoms with Crippen LogP contribution in [0.4, 0.5) is 9.18 Å². The Hall–Kier alpha value is -3.36. The van der Waals surface area contributed by atoms with Crippen LogP contribution < -0.4 is 10.5 Å². The maximum Gasteiger partial charge on any atom is 0.410 e. The van der Waals surface area contributed by atoms with Crippen LogP contribution in [0.2, 0.25) is 0 Å². The number of guanidine groups is 1. The van der Waals surface area contributed by atoms with Gasteiger partial charge in [-0.05, 0) is 50.6 Å². The molecule has 166 valence electrons. The van der Waals surface area contributed by atoms with Gasteiger partial charge in [0.2, 0.25) is 5.88 Å². The third-order valence-corrected chi connectivity index (χ3v) is 4.51. The average Bonchev–Trinajstić information content (AvgIpc) is 2.73. The number of aliphatic imine (C=N–C) groups is 1. The molecule has 8 nitrogen and oxygen atoms in total. The highest BCUT2D eigenvalue weighted by Crippen LogP contribution is 2.19. The van der Waals surface area contributed by atoms with E-state index in [4.69, 9.17) is 15.2 Å². The molecule has 3 rings (SSSR count). The maximum absolute atomic E-state index is 13.0. The van der Waals surface area contributed by atoms with Gasteiger partial charge in [0.25, 0.3) is 0 Å². The van der Waals surface area contributed by atoms with Crippen molar-refractivity contribution in [2.45, 2.75) is 32.9 Å². The fourth-order valence-corrected chi connectivity index (χ4v) is 2.91. The predicted molar refractivity (Wildman–Crippen MR) is 115 cm³/mol. The summed E-state index contributed by atoms with van der Waals surface area (Å²) in [7, 11) is 0. The molecular formula is C22H28FN5O3. The molecule has 2 N–H and O–H groups in total. The van der Waals surface area contributed by atoms with E-state index in [2.05, 4.69) is 9.98 Å². The lowest BCUT2D eigenvalue weighted by Crippen LogP contribution is -2.53. The minimum atomic E-state index is -0.512. The van der Waals surface area contributed by atoms with E-state index in [9.17, 15) is 9.18 Å². The van der Waals surface area contributed by atoms with Crippen molar-refractivity contribution in [3.05, 3.63) is 54.0 Å². The van der Waals surface area contributed by atoms with Crippen LogP contribution in [0.25, 0.3) is 0 Å². The molecule has 0 aliphatic carbocycles. The summed E-state index contributed by atoms with van der Waals surface area (Å²) in [5, 5.41) is 0. The van der Waals surface area contributed by atoms with Crippen molar-refractivity contribution in [2.24, 2.45) is 10.7 Å². The van der Waals surface area contributed by atoms with Crippen LogP contribution >= 0.6 is 0 Å². The molecule has 0 saturated carbocycles. The number of nitrogens with two attached hydrogens (primary N) is 1. The Morgan fingerprint density at radius 2 is 1.74 bits per heavy atom. The summed E-state index contributed by atoms with van der Waals surface area (Å²) in [6.07, 6.45) is 1.35. The minimum absolute atomic E-state index is 0.309. The summed E-state index contributed by atoms with van der Waals surface area (Å²) < 4.78 is 23.9. The van der Waals surface area contributed by atoms with Crippen molar-refractivity contribution >= 4 is 12.1 Å². The van der Waals surface area contributed by atoms with Gasteiger partial charge in [0.05, 0.1) is 6.54 Å². The number of rotatable bonds is 4. The zero-order chi connectivity index (χ0) is 22.4. The Kier molecular flexibility index (Phi) is 6.94. The van der Waals surface area contributed by atoms with E-state index >= 15 is 0 Å². The molecule has 1 aromatic carbocycles. The number of halogens is 1. The first-order valence-electron chi connectivity index (χ1n) is 10.1. The molecule has 31 heavy (non-hydrogen) atoms. The summed E-state index contributed by atoms with van der Waals surface area (Å²) >= 11 is 0. The zero-order valence-electron chi connectivity index (χ0n) is 18.0. The van der Waals surface area contributed by atoms with E-state index in [1.807, 2.05) is 31.7 Å². The van der Waals surface area contributed by atoms with Gasteiger partial charge in [0.1, 0.15) is 17.2 Å². The molecule has 0 radical (unpaired) electrons. The predicted octanol–water partition coefficient (Wildman–Crippen LogP) is 3.38. The second kappa shape index (κ2) is 9.63. The number of ether oxygens (including phenoxy) is 2. The first-order valence-corrected chi connectivity index (χ1v) is 10.1. The van der Waals surface area contributed by atoms with Crippen LogP contribution in [0, 0.1) is 5.82 Å². The smallest absolute Gasteiger partial charge is 0.410 e. The number of hydrogen-bond acceptors (Lipinski definition) is 5. The number of carbonyl (C=O) groups excluding carboxylic acids is 1. The first kappa shape index (κ1) is 22.3. The van der Waals surface area contributed by atoms with Crippen LogP contribution in [-0.2, 0) is 11.3 Å². The molecule has 2 aromatic rings. The lowest BCUT2D eigenvalue weighted by atomic mass is 10.2. The summed E-state index contributed by atoms with van der Waals surface area (Å²) in [5.41, 5.74) is 6.49. The van der Waals surface area contributed by atoms with Crippen molar-refractivity contribution in [1.82, 2.24) is 14.8 Å². The highest BCUT2D eigenvalue weighted by Gasteiger charge is 2.26. The van der Waals surface area contributed by atoms with Gasteiger partial charge in [0, 0.05) is 38.4 Å². The van der Waals surface area contributed by atoms with Crippen LogP contribution in [-0.4, -0.2) is 58.6 Å². The average molecular weight is 429 g/mol. The summed E-state index contributed by atoms with van der Waals surface area (Å²) in [5.74, 6) is 1.02. The molecule has 0 unspecified atom stereocenters. The summed E-state index contributed by atoms with van der Waals surface area (Å²) in [6, 6.07) is 9.31. The molecule has 1 aliphatic rings. The molecule has 1 saturated heterocycles. The van der Waals surface area contributed by atoms with Crippen molar-refractivity contribution in [3.63, 3.8) is 0 Å². The van der Waals surface area contributed by atoms with Crippen molar-refractivity contribution in [1.29, 1.82) is 0 Å². The lowest BCUT2D eigenvalue weighted by Gasteiger charge is -2.36. The van der Waals surface area contributed by atoms with Crippen molar-refractivity contribution in [2.75, 3.05) is 26.2 Å². The van der Waals surface area contributed by atoms with Crippen LogP contribution in [0.5, 0.6) is 11.6 Å². The quantitative estimate of drug-likeness (QED) is 0.592. The Labute approximate surface area is 181 Å². The van der Waals surface area contributed by atoms with E-state index < -0.39 is 5.60 Å². The van der Waals surface area contributed by atoms with E-state index in [1.165, 1.54) is 12.1 Å². The number of aromatic nitrogens is 1. The number of amides is 1. The first-order chi connectivity index (χ1) is 14.7. The number of piperazine rings is 1. The van der Waals surface area contributed by atoms with E-state index in [0.717, 1.165) is 5.56 Å². The van der Waals surface area contributed by atoms with Gasteiger partial charge in [-0.1, -0.05) is 6.07 Å². The van der Waals surface area contributed by atoms with E-state index in [1.54, 1.807) is 29.3 Å². The Bertz CT molecular complexity index is 902. The third kappa shape index (κ3) is 6.84. The Morgan fingerprint density at radius 1 is 1.10 bits per heavy atom. The van der Waals surface area contributed by atoms with Gasteiger partial charge >= 0.3 is 6.09 Å². The Balaban J connectivity index is 1.48. The van der Waals surface area contributed by atoms with E-state index in [0.29, 0.717) is 50.3 Å².